The summed E-state index contributed by atoms with van der Waals surface area (Å²) >= 11 is 0. The van der Waals surface area contributed by atoms with E-state index in [1.165, 1.54) is 12.1 Å². The Morgan fingerprint density at radius 2 is 1.94 bits per heavy atom. The van der Waals surface area contributed by atoms with E-state index in [0.717, 1.165) is 11.3 Å². The molecule has 1 atom stereocenters. The van der Waals surface area contributed by atoms with E-state index in [0.29, 0.717) is 6.42 Å². The number of hydrogen-bond donors (Lipinski definition) is 1. The molecule has 0 amide bonds. The molecular formula is C14H16FNO. The molecule has 3 heteroatoms. The Balaban J connectivity index is 2.35. The first kappa shape index (κ1) is 11.9. The van der Waals surface area contributed by atoms with Crippen LogP contribution in [0.15, 0.2) is 42.6 Å². The average Bonchev–Trinajstić information content (AvgIpc) is 2.74. The quantitative estimate of drug-likeness (QED) is 0.863. The monoisotopic (exact) mass is 233 g/mol. The highest BCUT2D eigenvalue weighted by Gasteiger charge is 2.15. The van der Waals surface area contributed by atoms with E-state index in [2.05, 4.69) is 0 Å². The van der Waals surface area contributed by atoms with Crippen LogP contribution >= 0.6 is 0 Å². The summed E-state index contributed by atoms with van der Waals surface area (Å²) < 4.78 is 14.9. The van der Waals surface area contributed by atoms with Gasteiger partial charge >= 0.3 is 0 Å². The average molecular weight is 233 g/mol. The maximum Gasteiger partial charge on any atom is 0.123 e. The van der Waals surface area contributed by atoms with Crippen LogP contribution in [0.5, 0.6) is 0 Å². The molecule has 2 aromatic rings. The predicted molar refractivity (Wildman–Crippen MR) is 65.4 cm³/mol. The van der Waals surface area contributed by atoms with Crippen molar-refractivity contribution in [2.45, 2.75) is 12.3 Å². The number of benzene rings is 1. The third kappa shape index (κ3) is 2.56. The highest BCUT2D eigenvalue weighted by Crippen LogP contribution is 2.27. The van der Waals surface area contributed by atoms with Crippen LogP contribution in [-0.4, -0.2) is 16.3 Å². The van der Waals surface area contributed by atoms with Crippen molar-refractivity contribution in [2.24, 2.45) is 7.05 Å². The molecule has 0 radical (unpaired) electrons. The molecule has 1 unspecified atom stereocenters. The van der Waals surface area contributed by atoms with E-state index in [1.54, 1.807) is 12.1 Å². The molecule has 1 aromatic carbocycles. The van der Waals surface area contributed by atoms with Gasteiger partial charge in [0.05, 0.1) is 0 Å². The van der Waals surface area contributed by atoms with E-state index in [1.807, 2.05) is 29.9 Å². The summed E-state index contributed by atoms with van der Waals surface area (Å²) in [5.41, 5.74) is 2.16. The minimum Gasteiger partial charge on any atom is -0.396 e. The SMILES string of the molecule is Cn1cccc1C(CCO)c1ccc(F)cc1. The first-order valence-corrected chi connectivity index (χ1v) is 5.70. The fraction of sp³-hybridized carbons (Fsp3) is 0.286. The second-order valence-corrected chi connectivity index (χ2v) is 4.16. The smallest absolute Gasteiger partial charge is 0.123 e. The molecule has 0 bridgehead atoms. The Kier molecular flexibility index (Phi) is 3.59. The van der Waals surface area contributed by atoms with Crippen LogP contribution in [-0.2, 0) is 7.05 Å². The van der Waals surface area contributed by atoms with Crippen molar-refractivity contribution in [1.82, 2.24) is 4.57 Å². The fourth-order valence-electron chi connectivity index (χ4n) is 2.15. The van der Waals surface area contributed by atoms with Gasteiger partial charge in [0.2, 0.25) is 0 Å². The van der Waals surface area contributed by atoms with Crippen molar-refractivity contribution in [3.63, 3.8) is 0 Å². The first-order chi connectivity index (χ1) is 8.22. The Morgan fingerprint density at radius 1 is 1.24 bits per heavy atom. The highest BCUT2D eigenvalue weighted by atomic mass is 19.1. The molecule has 0 fully saturated rings. The molecule has 1 aromatic heterocycles. The molecule has 17 heavy (non-hydrogen) atoms. The molecule has 0 aliphatic carbocycles. The number of rotatable bonds is 4. The fourth-order valence-corrected chi connectivity index (χ4v) is 2.15. The third-order valence-electron chi connectivity index (χ3n) is 3.03. The zero-order valence-corrected chi connectivity index (χ0v) is 9.81. The molecule has 1 heterocycles. The van der Waals surface area contributed by atoms with E-state index in [9.17, 15) is 4.39 Å². The molecular weight excluding hydrogens is 217 g/mol. The number of aliphatic hydroxyl groups excluding tert-OH is 1. The zero-order chi connectivity index (χ0) is 12.3. The van der Waals surface area contributed by atoms with Gasteiger partial charge in [0.15, 0.2) is 0 Å². The van der Waals surface area contributed by atoms with Crippen molar-refractivity contribution in [3.8, 4) is 0 Å². The third-order valence-corrected chi connectivity index (χ3v) is 3.03. The number of aryl methyl sites for hydroxylation is 1. The minimum atomic E-state index is -0.233. The van der Waals surface area contributed by atoms with Gasteiger partial charge in [-0.15, -0.1) is 0 Å². The van der Waals surface area contributed by atoms with Gasteiger partial charge in [-0.3, -0.25) is 0 Å². The molecule has 0 saturated carbocycles. The van der Waals surface area contributed by atoms with Crippen LogP contribution in [0.3, 0.4) is 0 Å². The van der Waals surface area contributed by atoms with Crippen LogP contribution in [0.4, 0.5) is 4.39 Å². The Labute approximate surface area is 100 Å². The number of aromatic nitrogens is 1. The van der Waals surface area contributed by atoms with Gasteiger partial charge < -0.3 is 9.67 Å². The molecule has 2 nitrogen and oxygen atoms in total. The second kappa shape index (κ2) is 5.15. The Hall–Kier alpha value is -1.61. The van der Waals surface area contributed by atoms with E-state index < -0.39 is 0 Å². The van der Waals surface area contributed by atoms with E-state index in [4.69, 9.17) is 5.11 Å². The molecule has 0 spiro atoms. The summed E-state index contributed by atoms with van der Waals surface area (Å²) in [5.74, 6) is -0.121. The van der Waals surface area contributed by atoms with Crippen molar-refractivity contribution in [2.75, 3.05) is 6.61 Å². The van der Waals surface area contributed by atoms with Gasteiger partial charge in [0.1, 0.15) is 5.82 Å². The number of nitrogens with zero attached hydrogens (tertiary/aromatic N) is 1. The van der Waals surface area contributed by atoms with Crippen LogP contribution < -0.4 is 0 Å². The predicted octanol–water partition coefficient (Wildman–Crippen LogP) is 2.68. The maximum absolute atomic E-state index is 12.9. The van der Waals surface area contributed by atoms with Crippen molar-refractivity contribution < 1.29 is 9.50 Å². The molecule has 1 N–H and O–H groups in total. The second-order valence-electron chi connectivity index (χ2n) is 4.16. The summed E-state index contributed by atoms with van der Waals surface area (Å²) in [6, 6.07) is 10.5. The lowest BCUT2D eigenvalue weighted by atomic mass is 9.93. The molecule has 90 valence electrons. The highest BCUT2D eigenvalue weighted by molar-refractivity contribution is 5.29. The number of hydrogen-bond acceptors (Lipinski definition) is 1. The lowest BCUT2D eigenvalue weighted by molar-refractivity contribution is 0.280. The van der Waals surface area contributed by atoms with Crippen molar-refractivity contribution >= 4 is 0 Å². The Bertz CT molecular complexity index is 475. The minimum absolute atomic E-state index is 0.112. The van der Waals surface area contributed by atoms with E-state index in [-0.39, 0.29) is 18.3 Å². The maximum atomic E-state index is 12.9. The van der Waals surface area contributed by atoms with Crippen molar-refractivity contribution in [1.29, 1.82) is 0 Å². The van der Waals surface area contributed by atoms with Gasteiger partial charge in [0.25, 0.3) is 0 Å². The number of halogens is 1. The summed E-state index contributed by atoms with van der Waals surface area (Å²) in [6.07, 6.45) is 2.62. The van der Waals surface area contributed by atoms with Crippen LogP contribution in [0, 0.1) is 5.82 Å². The molecule has 0 saturated heterocycles. The largest absolute Gasteiger partial charge is 0.396 e. The normalized spacial score (nSPS) is 12.6. The van der Waals surface area contributed by atoms with Crippen LogP contribution in [0.25, 0.3) is 0 Å². The van der Waals surface area contributed by atoms with E-state index >= 15 is 0 Å². The zero-order valence-electron chi connectivity index (χ0n) is 9.81. The summed E-state index contributed by atoms with van der Waals surface area (Å²) in [7, 11) is 1.98. The first-order valence-electron chi connectivity index (χ1n) is 5.70. The van der Waals surface area contributed by atoms with Crippen LogP contribution in [0.2, 0.25) is 0 Å². The standard InChI is InChI=1S/C14H16FNO/c1-16-9-2-3-14(16)13(8-10-17)11-4-6-12(15)7-5-11/h2-7,9,13,17H,8,10H2,1H3. The van der Waals surface area contributed by atoms with Gasteiger partial charge in [-0.25, -0.2) is 4.39 Å². The van der Waals surface area contributed by atoms with Gasteiger partial charge in [0, 0.05) is 31.5 Å². The van der Waals surface area contributed by atoms with Crippen molar-refractivity contribution in [3.05, 3.63) is 59.7 Å². The molecule has 0 aliphatic rings. The lowest BCUT2D eigenvalue weighted by Gasteiger charge is -2.17. The summed E-state index contributed by atoms with van der Waals surface area (Å²) in [4.78, 5) is 0. The molecule has 2 rings (SSSR count). The summed E-state index contributed by atoms with van der Waals surface area (Å²) in [5, 5.41) is 9.16. The molecule has 0 aliphatic heterocycles. The van der Waals surface area contributed by atoms with Gasteiger partial charge in [-0.1, -0.05) is 12.1 Å². The Morgan fingerprint density at radius 3 is 2.47 bits per heavy atom. The topological polar surface area (TPSA) is 25.2 Å². The van der Waals surface area contributed by atoms with Crippen LogP contribution in [0.1, 0.15) is 23.6 Å². The number of aliphatic hydroxyl groups is 1. The van der Waals surface area contributed by atoms with Gasteiger partial charge in [-0.2, -0.15) is 0 Å². The van der Waals surface area contributed by atoms with Gasteiger partial charge in [-0.05, 0) is 36.2 Å². The summed E-state index contributed by atoms with van der Waals surface area (Å²) in [6.45, 7) is 0.118. The lowest BCUT2D eigenvalue weighted by Crippen LogP contribution is -2.08.